The topological polar surface area (TPSA) is 57.5 Å². The predicted molar refractivity (Wildman–Crippen MR) is 125 cm³/mol. The highest BCUT2D eigenvalue weighted by Crippen LogP contribution is 2.25. The minimum Gasteiger partial charge on any atom is -0.336 e. The van der Waals surface area contributed by atoms with E-state index in [2.05, 4.69) is 14.8 Å². The highest BCUT2D eigenvalue weighted by atomic mass is 16.2. The summed E-state index contributed by atoms with van der Waals surface area (Å²) in [6, 6.07) is 13.8. The lowest BCUT2D eigenvalue weighted by molar-refractivity contribution is 0.0627. The van der Waals surface area contributed by atoms with Crippen molar-refractivity contribution in [2.75, 3.05) is 52.4 Å². The molecule has 0 bridgehead atoms. The number of carbonyl (C=O) groups excluding carboxylic acids is 1. The van der Waals surface area contributed by atoms with Crippen LogP contribution >= 0.6 is 0 Å². The minimum absolute atomic E-state index is 0.0465. The smallest absolute Gasteiger partial charge is 0.257 e. The second-order valence-corrected chi connectivity index (χ2v) is 8.60. The monoisotopic (exact) mass is 430 g/mol. The number of aromatic nitrogens is 3. The van der Waals surface area contributed by atoms with E-state index in [-0.39, 0.29) is 5.91 Å². The Morgan fingerprint density at radius 2 is 1.56 bits per heavy atom. The minimum atomic E-state index is 0.0465. The molecule has 7 nitrogen and oxygen atoms in total. The molecule has 0 atom stereocenters. The normalized spacial score (nSPS) is 17.7. The molecule has 2 saturated heterocycles. The van der Waals surface area contributed by atoms with Crippen molar-refractivity contribution in [3.63, 3.8) is 0 Å². The van der Waals surface area contributed by atoms with Crippen LogP contribution in [0.3, 0.4) is 0 Å². The lowest BCUT2D eigenvalue weighted by Crippen LogP contribution is -2.50. The van der Waals surface area contributed by atoms with Gasteiger partial charge in [-0.05, 0) is 50.2 Å². The molecule has 1 aromatic carbocycles. The van der Waals surface area contributed by atoms with Gasteiger partial charge in [-0.15, -0.1) is 0 Å². The molecule has 0 aliphatic carbocycles. The second-order valence-electron chi connectivity index (χ2n) is 8.60. The van der Waals surface area contributed by atoms with E-state index in [1.54, 1.807) is 17.1 Å². The molecule has 3 aromatic rings. The Kier molecular flexibility index (Phi) is 6.27. The van der Waals surface area contributed by atoms with Crippen molar-refractivity contribution in [1.82, 2.24) is 29.5 Å². The molecule has 2 aromatic heterocycles. The molecule has 0 radical (unpaired) electrons. The van der Waals surface area contributed by atoms with Crippen molar-refractivity contribution < 1.29 is 4.79 Å². The van der Waals surface area contributed by atoms with Crippen LogP contribution in [-0.2, 0) is 0 Å². The van der Waals surface area contributed by atoms with Crippen LogP contribution in [0.2, 0.25) is 0 Å². The summed E-state index contributed by atoms with van der Waals surface area (Å²) in [5, 5.41) is 4.77. The fraction of sp³-hybridized carbons (Fsp3) is 0.400. The van der Waals surface area contributed by atoms with Crippen molar-refractivity contribution >= 4 is 5.91 Å². The number of amides is 1. The number of carbonyl (C=O) groups is 1. The van der Waals surface area contributed by atoms with Crippen molar-refractivity contribution in [2.45, 2.75) is 12.8 Å². The van der Waals surface area contributed by atoms with Crippen molar-refractivity contribution in [3.05, 3.63) is 66.6 Å². The fourth-order valence-electron chi connectivity index (χ4n) is 4.59. The number of pyridine rings is 1. The molecule has 32 heavy (non-hydrogen) atoms. The molecule has 7 heteroatoms. The van der Waals surface area contributed by atoms with Crippen molar-refractivity contribution in [2.24, 2.45) is 0 Å². The van der Waals surface area contributed by atoms with Gasteiger partial charge in [0, 0.05) is 63.4 Å². The summed E-state index contributed by atoms with van der Waals surface area (Å²) in [5.74, 6) is 0.0465. The highest BCUT2D eigenvalue weighted by Gasteiger charge is 2.27. The van der Waals surface area contributed by atoms with Crippen LogP contribution in [0.4, 0.5) is 0 Å². The Morgan fingerprint density at radius 1 is 0.844 bits per heavy atom. The number of para-hydroxylation sites is 1. The van der Waals surface area contributed by atoms with Gasteiger partial charge in [0.2, 0.25) is 0 Å². The first-order valence-electron chi connectivity index (χ1n) is 11.6. The Labute approximate surface area is 189 Å². The van der Waals surface area contributed by atoms with Gasteiger partial charge in [-0.3, -0.25) is 14.7 Å². The molecule has 2 aliphatic heterocycles. The van der Waals surface area contributed by atoms with Crippen LogP contribution in [0.1, 0.15) is 23.2 Å². The summed E-state index contributed by atoms with van der Waals surface area (Å²) in [5.41, 5.74) is 3.11. The Balaban J connectivity index is 1.31. The number of nitrogens with zero attached hydrogens (tertiary/aromatic N) is 6. The first-order valence-corrected chi connectivity index (χ1v) is 11.6. The number of likely N-dealkylation sites (tertiary alicyclic amines) is 1. The number of hydrogen-bond acceptors (Lipinski definition) is 5. The Bertz CT molecular complexity index is 1020. The molecule has 166 valence electrons. The van der Waals surface area contributed by atoms with E-state index in [4.69, 9.17) is 5.10 Å². The second kappa shape index (κ2) is 9.63. The summed E-state index contributed by atoms with van der Waals surface area (Å²) < 4.78 is 1.79. The number of benzene rings is 1. The zero-order valence-electron chi connectivity index (χ0n) is 18.4. The van der Waals surface area contributed by atoms with Gasteiger partial charge < -0.3 is 9.80 Å². The van der Waals surface area contributed by atoms with E-state index < -0.39 is 0 Å². The molecular weight excluding hydrogens is 400 g/mol. The van der Waals surface area contributed by atoms with Crippen LogP contribution < -0.4 is 0 Å². The number of rotatable bonds is 6. The van der Waals surface area contributed by atoms with Crippen LogP contribution in [0.15, 0.2) is 61.1 Å². The van der Waals surface area contributed by atoms with Gasteiger partial charge in [-0.2, -0.15) is 5.10 Å². The Hall–Kier alpha value is -3.03. The van der Waals surface area contributed by atoms with E-state index in [1.165, 1.54) is 25.9 Å². The Morgan fingerprint density at radius 3 is 2.25 bits per heavy atom. The third-order valence-electron chi connectivity index (χ3n) is 6.49. The molecule has 2 fully saturated rings. The number of hydrogen-bond donors (Lipinski definition) is 0. The molecule has 0 saturated carbocycles. The first kappa shape index (κ1) is 20.8. The summed E-state index contributed by atoms with van der Waals surface area (Å²) in [6.45, 7) is 8.06. The lowest BCUT2D eigenvalue weighted by Gasteiger charge is -2.35. The van der Waals surface area contributed by atoms with Crippen molar-refractivity contribution in [3.8, 4) is 16.9 Å². The van der Waals surface area contributed by atoms with E-state index in [9.17, 15) is 4.79 Å². The summed E-state index contributed by atoms with van der Waals surface area (Å²) in [6.07, 6.45) is 8.03. The standard InChI is InChI=1S/C25H30N6O/c32-25(30-17-15-29(16-18-30)14-13-28-11-4-5-12-28)23-20-31(22-8-2-1-3-9-22)27-24(23)21-7-6-10-26-19-21/h1-3,6-10,19-20H,4-5,11-18H2. The van der Waals surface area contributed by atoms with Gasteiger partial charge >= 0.3 is 0 Å². The maximum atomic E-state index is 13.5. The average Bonchev–Trinajstić information content (AvgIpc) is 3.54. The van der Waals surface area contributed by atoms with Gasteiger partial charge in [0.15, 0.2) is 0 Å². The molecule has 5 rings (SSSR count). The summed E-state index contributed by atoms with van der Waals surface area (Å²) in [4.78, 5) is 24.8. The van der Waals surface area contributed by atoms with Gasteiger partial charge in [0.25, 0.3) is 5.91 Å². The lowest BCUT2D eigenvalue weighted by atomic mass is 10.1. The molecule has 4 heterocycles. The SMILES string of the molecule is O=C(c1cn(-c2ccccc2)nc1-c1cccnc1)N1CCN(CCN2CCCC2)CC1. The third kappa shape index (κ3) is 4.59. The van der Waals surface area contributed by atoms with Crippen LogP contribution in [0.25, 0.3) is 16.9 Å². The van der Waals surface area contributed by atoms with Crippen LogP contribution in [0, 0.1) is 0 Å². The molecule has 1 amide bonds. The molecule has 2 aliphatic rings. The molecule has 0 spiro atoms. The van der Waals surface area contributed by atoms with E-state index in [0.29, 0.717) is 11.3 Å². The quantitative estimate of drug-likeness (QED) is 0.602. The fourth-order valence-corrected chi connectivity index (χ4v) is 4.59. The van der Waals surface area contributed by atoms with Gasteiger partial charge in [0.05, 0.1) is 11.3 Å². The summed E-state index contributed by atoms with van der Waals surface area (Å²) >= 11 is 0. The predicted octanol–water partition coefficient (Wildman–Crippen LogP) is 2.79. The third-order valence-corrected chi connectivity index (χ3v) is 6.49. The van der Waals surface area contributed by atoms with Crippen molar-refractivity contribution in [1.29, 1.82) is 0 Å². The highest BCUT2D eigenvalue weighted by molar-refractivity contribution is 6.00. The van der Waals surface area contributed by atoms with Gasteiger partial charge in [-0.1, -0.05) is 18.2 Å². The largest absolute Gasteiger partial charge is 0.336 e. The molecule has 0 unspecified atom stereocenters. The molecular formula is C25H30N6O. The first-order chi connectivity index (χ1) is 15.8. The zero-order valence-corrected chi connectivity index (χ0v) is 18.4. The maximum Gasteiger partial charge on any atom is 0.257 e. The van der Waals surface area contributed by atoms with Gasteiger partial charge in [-0.25, -0.2) is 4.68 Å². The zero-order chi connectivity index (χ0) is 21.8. The maximum absolute atomic E-state index is 13.5. The van der Waals surface area contributed by atoms with Gasteiger partial charge in [0.1, 0.15) is 5.69 Å². The summed E-state index contributed by atoms with van der Waals surface area (Å²) in [7, 11) is 0. The van der Waals surface area contributed by atoms with E-state index >= 15 is 0 Å². The number of piperazine rings is 1. The van der Waals surface area contributed by atoms with Crippen LogP contribution in [0.5, 0.6) is 0 Å². The average molecular weight is 431 g/mol. The van der Waals surface area contributed by atoms with Crippen LogP contribution in [-0.4, -0.2) is 87.7 Å². The van der Waals surface area contributed by atoms with E-state index in [0.717, 1.165) is 50.5 Å². The van der Waals surface area contributed by atoms with E-state index in [1.807, 2.05) is 53.6 Å². The molecule has 0 N–H and O–H groups in total.